The highest BCUT2D eigenvalue weighted by Crippen LogP contribution is 2.41. The number of rotatable bonds is 7. The van der Waals surface area contributed by atoms with E-state index in [1.165, 1.54) is 4.31 Å². The molecule has 0 spiro atoms. The summed E-state index contributed by atoms with van der Waals surface area (Å²) in [6.07, 6.45) is -3.64. The topological polar surface area (TPSA) is 107 Å². The zero-order valence-corrected chi connectivity index (χ0v) is 21.7. The number of carbonyl (C=O) groups is 2. The lowest BCUT2D eigenvalue weighted by atomic mass is 9.96. The Kier molecular flexibility index (Phi) is 8.00. The molecule has 0 bridgehead atoms. The van der Waals surface area contributed by atoms with Gasteiger partial charge in [0.05, 0.1) is 10.5 Å². The zero-order chi connectivity index (χ0) is 27.1. The molecule has 202 valence electrons. The monoisotopic (exact) mass is 533 g/mol. The standard InChI is InChI=1S/C24H34F3N3O5S/c1-5-7-20(30(22(32)33)23(2,3)4)21(31)28-19-11-10-15-13-29(14-18(15)19)36(34,35)17-9-6-8-16(12-17)24(25,26)27/h6,8-9,12,15,18-20H,5,7,10-11,13-14H2,1-4H3,(H,28,31)(H,32,33)/t15-,18+,19+,20-/m0/s1. The van der Waals surface area contributed by atoms with Crippen molar-refractivity contribution in [3.05, 3.63) is 29.8 Å². The number of nitrogens with one attached hydrogen (secondary N) is 1. The Morgan fingerprint density at radius 2 is 1.86 bits per heavy atom. The summed E-state index contributed by atoms with van der Waals surface area (Å²) in [7, 11) is -4.15. The molecule has 3 rings (SSSR count). The van der Waals surface area contributed by atoms with Gasteiger partial charge in [0.25, 0.3) is 0 Å². The Labute approximate surface area is 209 Å². The molecule has 1 aromatic carbocycles. The fourth-order valence-corrected chi connectivity index (χ4v) is 6.98. The minimum Gasteiger partial charge on any atom is -0.465 e. The summed E-state index contributed by atoms with van der Waals surface area (Å²) in [4.78, 5) is 25.9. The van der Waals surface area contributed by atoms with Gasteiger partial charge >= 0.3 is 12.3 Å². The van der Waals surface area contributed by atoms with Crippen LogP contribution in [-0.2, 0) is 21.0 Å². The smallest absolute Gasteiger partial charge is 0.416 e. The molecule has 0 unspecified atom stereocenters. The number of alkyl halides is 3. The van der Waals surface area contributed by atoms with Gasteiger partial charge in [0.2, 0.25) is 15.9 Å². The highest BCUT2D eigenvalue weighted by Gasteiger charge is 2.48. The van der Waals surface area contributed by atoms with E-state index in [4.69, 9.17) is 0 Å². The minimum atomic E-state index is -4.66. The number of halogens is 3. The zero-order valence-electron chi connectivity index (χ0n) is 20.9. The normalized spacial score (nSPS) is 23.8. The lowest BCUT2D eigenvalue weighted by Gasteiger charge is -2.39. The second-order valence-electron chi connectivity index (χ2n) is 10.6. The van der Waals surface area contributed by atoms with Crippen LogP contribution in [0.4, 0.5) is 18.0 Å². The van der Waals surface area contributed by atoms with Crippen LogP contribution in [0.5, 0.6) is 0 Å². The predicted octanol–water partition coefficient (Wildman–Crippen LogP) is 4.17. The Hall–Kier alpha value is -2.34. The first-order valence-electron chi connectivity index (χ1n) is 12.1. The number of hydrogen-bond donors (Lipinski definition) is 2. The van der Waals surface area contributed by atoms with Crippen LogP contribution < -0.4 is 5.32 Å². The maximum Gasteiger partial charge on any atom is 0.416 e. The van der Waals surface area contributed by atoms with Crippen molar-refractivity contribution < 1.29 is 36.3 Å². The van der Waals surface area contributed by atoms with E-state index in [-0.39, 0.29) is 31.0 Å². The van der Waals surface area contributed by atoms with E-state index in [1.54, 1.807) is 20.8 Å². The van der Waals surface area contributed by atoms with E-state index >= 15 is 0 Å². The van der Waals surface area contributed by atoms with Crippen LogP contribution in [0, 0.1) is 11.8 Å². The molecule has 2 amide bonds. The molecule has 4 atom stereocenters. The number of hydrogen-bond acceptors (Lipinski definition) is 4. The number of nitrogens with zero attached hydrogens (tertiary/aromatic N) is 2. The summed E-state index contributed by atoms with van der Waals surface area (Å²) in [5.41, 5.74) is -1.83. The molecule has 12 heteroatoms. The molecule has 1 saturated heterocycles. The number of amides is 2. The first-order chi connectivity index (χ1) is 16.6. The van der Waals surface area contributed by atoms with Gasteiger partial charge in [0.15, 0.2) is 0 Å². The van der Waals surface area contributed by atoms with Crippen molar-refractivity contribution in [1.82, 2.24) is 14.5 Å². The largest absolute Gasteiger partial charge is 0.465 e. The van der Waals surface area contributed by atoms with Crippen molar-refractivity contribution in [3.63, 3.8) is 0 Å². The van der Waals surface area contributed by atoms with Crippen LogP contribution in [0.2, 0.25) is 0 Å². The van der Waals surface area contributed by atoms with E-state index in [9.17, 15) is 36.3 Å². The first-order valence-corrected chi connectivity index (χ1v) is 13.5. The fraction of sp³-hybridized carbons (Fsp3) is 0.667. The van der Waals surface area contributed by atoms with Gasteiger partial charge in [-0.15, -0.1) is 0 Å². The maximum absolute atomic E-state index is 13.2. The Morgan fingerprint density at radius 1 is 1.19 bits per heavy atom. The molecule has 2 fully saturated rings. The van der Waals surface area contributed by atoms with E-state index in [0.717, 1.165) is 23.1 Å². The highest BCUT2D eigenvalue weighted by atomic mass is 32.2. The summed E-state index contributed by atoms with van der Waals surface area (Å²) < 4.78 is 66.8. The average Bonchev–Trinajstić information content (AvgIpc) is 3.34. The number of carboxylic acid groups (broad SMARTS) is 1. The van der Waals surface area contributed by atoms with Crippen molar-refractivity contribution in [1.29, 1.82) is 0 Å². The van der Waals surface area contributed by atoms with Gasteiger partial charge in [0.1, 0.15) is 6.04 Å². The molecular formula is C24H34F3N3O5S. The van der Waals surface area contributed by atoms with Gasteiger partial charge in [-0.25, -0.2) is 13.2 Å². The molecule has 1 aliphatic carbocycles. The summed E-state index contributed by atoms with van der Waals surface area (Å²) in [6.45, 7) is 7.26. The number of fused-ring (bicyclic) bond motifs is 1. The number of carbonyl (C=O) groups excluding carboxylic acids is 1. The second kappa shape index (κ2) is 10.2. The second-order valence-corrected chi connectivity index (χ2v) is 12.5. The summed E-state index contributed by atoms with van der Waals surface area (Å²) in [5, 5.41) is 12.7. The van der Waals surface area contributed by atoms with Crippen LogP contribution in [0.3, 0.4) is 0 Å². The van der Waals surface area contributed by atoms with E-state index in [2.05, 4.69) is 5.32 Å². The molecule has 0 radical (unpaired) electrons. The molecule has 2 aliphatic rings. The van der Waals surface area contributed by atoms with Gasteiger partial charge < -0.3 is 10.4 Å². The molecule has 2 N–H and O–H groups in total. The quantitative estimate of drug-likeness (QED) is 0.547. The van der Waals surface area contributed by atoms with Gasteiger partial charge in [-0.1, -0.05) is 19.4 Å². The Bertz CT molecular complexity index is 1090. The van der Waals surface area contributed by atoms with E-state index in [0.29, 0.717) is 31.7 Å². The molecule has 1 aliphatic heterocycles. The van der Waals surface area contributed by atoms with Gasteiger partial charge in [0, 0.05) is 24.7 Å². The average molecular weight is 534 g/mol. The third-order valence-corrected chi connectivity index (χ3v) is 8.88. The molecule has 1 heterocycles. The van der Waals surface area contributed by atoms with Crippen molar-refractivity contribution in [2.75, 3.05) is 13.1 Å². The van der Waals surface area contributed by atoms with Crippen LogP contribution in [0.15, 0.2) is 29.2 Å². The van der Waals surface area contributed by atoms with Crippen LogP contribution in [-0.4, -0.2) is 65.4 Å². The third-order valence-electron chi connectivity index (χ3n) is 7.06. The van der Waals surface area contributed by atoms with Gasteiger partial charge in [-0.05, 0) is 70.1 Å². The third kappa shape index (κ3) is 5.80. The predicted molar refractivity (Wildman–Crippen MR) is 127 cm³/mol. The number of benzene rings is 1. The summed E-state index contributed by atoms with van der Waals surface area (Å²) in [6, 6.07) is 2.46. The van der Waals surface area contributed by atoms with E-state index < -0.39 is 50.2 Å². The van der Waals surface area contributed by atoms with Gasteiger partial charge in [-0.2, -0.15) is 17.5 Å². The molecular weight excluding hydrogens is 499 g/mol. The molecule has 8 nitrogen and oxygen atoms in total. The Morgan fingerprint density at radius 3 is 2.42 bits per heavy atom. The van der Waals surface area contributed by atoms with Crippen molar-refractivity contribution >= 4 is 22.0 Å². The van der Waals surface area contributed by atoms with Crippen LogP contribution in [0.1, 0.15) is 58.9 Å². The lowest BCUT2D eigenvalue weighted by molar-refractivity contribution is -0.137. The molecule has 0 aromatic heterocycles. The first kappa shape index (κ1) is 28.2. The molecule has 1 saturated carbocycles. The minimum absolute atomic E-state index is 0.0429. The number of sulfonamides is 1. The fourth-order valence-electron chi connectivity index (χ4n) is 5.40. The summed E-state index contributed by atoms with van der Waals surface area (Å²) >= 11 is 0. The van der Waals surface area contributed by atoms with Crippen LogP contribution in [0.25, 0.3) is 0 Å². The van der Waals surface area contributed by atoms with Crippen LogP contribution >= 0.6 is 0 Å². The van der Waals surface area contributed by atoms with E-state index in [1.807, 2.05) is 6.92 Å². The highest BCUT2D eigenvalue weighted by molar-refractivity contribution is 7.89. The van der Waals surface area contributed by atoms with Crippen molar-refractivity contribution in [3.8, 4) is 0 Å². The van der Waals surface area contributed by atoms with Crippen molar-refractivity contribution in [2.45, 2.75) is 82.1 Å². The summed E-state index contributed by atoms with van der Waals surface area (Å²) in [5.74, 6) is -0.664. The molecule has 1 aromatic rings. The lowest BCUT2D eigenvalue weighted by Crippen LogP contribution is -2.58. The van der Waals surface area contributed by atoms with Crippen molar-refractivity contribution in [2.24, 2.45) is 11.8 Å². The SMILES string of the molecule is CCC[C@@H](C(=O)N[C@@H]1CC[C@H]2CN(S(=O)(=O)c3cccc(C(F)(F)F)c3)C[C@H]21)N(C(=O)O)C(C)(C)C. The maximum atomic E-state index is 13.2. The van der Waals surface area contributed by atoms with Gasteiger partial charge in [-0.3, -0.25) is 9.69 Å². The Balaban J connectivity index is 1.76. The molecule has 36 heavy (non-hydrogen) atoms.